The zero-order chi connectivity index (χ0) is 14.5. The molecule has 20 heavy (non-hydrogen) atoms. The SMILES string of the molecule is CNC(c1cc(OC)ncn1)c1cc(C)ccc1OC. The Morgan fingerprint density at radius 2 is 1.90 bits per heavy atom. The van der Waals surface area contributed by atoms with Crippen molar-refractivity contribution >= 4 is 0 Å². The van der Waals surface area contributed by atoms with E-state index in [-0.39, 0.29) is 6.04 Å². The Balaban J connectivity index is 2.48. The highest BCUT2D eigenvalue weighted by Crippen LogP contribution is 2.30. The average molecular weight is 273 g/mol. The van der Waals surface area contributed by atoms with E-state index in [0.29, 0.717) is 5.88 Å². The number of benzene rings is 1. The summed E-state index contributed by atoms with van der Waals surface area (Å²) in [5.41, 5.74) is 3.04. The van der Waals surface area contributed by atoms with Crippen molar-refractivity contribution < 1.29 is 9.47 Å². The van der Waals surface area contributed by atoms with Crippen LogP contribution in [0.1, 0.15) is 22.9 Å². The van der Waals surface area contributed by atoms with Crippen molar-refractivity contribution in [1.82, 2.24) is 15.3 Å². The zero-order valence-electron chi connectivity index (χ0n) is 12.2. The van der Waals surface area contributed by atoms with Gasteiger partial charge in [0.2, 0.25) is 5.88 Å². The summed E-state index contributed by atoms with van der Waals surface area (Å²) in [6, 6.07) is 7.82. The standard InChI is InChI=1S/C15H19N3O2/c1-10-5-6-13(19-3)11(7-10)15(16-2)12-8-14(20-4)18-9-17-12/h5-9,15-16H,1-4H3. The van der Waals surface area contributed by atoms with E-state index in [2.05, 4.69) is 28.3 Å². The van der Waals surface area contributed by atoms with Gasteiger partial charge in [-0.3, -0.25) is 0 Å². The molecule has 0 fully saturated rings. The summed E-state index contributed by atoms with van der Waals surface area (Å²) in [6.45, 7) is 2.05. The van der Waals surface area contributed by atoms with Gasteiger partial charge in [0.25, 0.3) is 0 Å². The van der Waals surface area contributed by atoms with E-state index in [1.165, 1.54) is 11.9 Å². The van der Waals surface area contributed by atoms with Gasteiger partial charge in [-0.15, -0.1) is 0 Å². The molecule has 0 aliphatic rings. The quantitative estimate of drug-likeness (QED) is 0.904. The summed E-state index contributed by atoms with van der Waals surface area (Å²) in [6.07, 6.45) is 1.50. The molecule has 0 amide bonds. The van der Waals surface area contributed by atoms with Crippen LogP contribution in [0.3, 0.4) is 0 Å². The van der Waals surface area contributed by atoms with E-state index in [9.17, 15) is 0 Å². The first-order chi connectivity index (χ1) is 9.69. The fourth-order valence-electron chi connectivity index (χ4n) is 2.17. The van der Waals surface area contributed by atoms with Crippen LogP contribution in [0.4, 0.5) is 0 Å². The van der Waals surface area contributed by atoms with Gasteiger partial charge in [-0.1, -0.05) is 17.7 Å². The second-order valence-corrected chi connectivity index (χ2v) is 4.45. The van der Waals surface area contributed by atoms with Gasteiger partial charge in [-0.25, -0.2) is 9.97 Å². The summed E-state index contributed by atoms with van der Waals surface area (Å²) in [5.74, 6) is 1.37. The molecule has 1 atom stereocenters. The van der Waals surface area contributed by atoms with E-state index in [1.807, 2.05) is 25.2 Å². The number of hydrogen-bond acceptors (Lipinski definition) is 5. The molecule has 5 heteroatoms. The fraction of sp³-hybridized carbons (Fsp3) is 0.333. The Kier molecular flexibility index (Phi) is 4.53. The van der Waals surface area contributed by atoms with Gasteiger partial charge in [0.1, 0.15) is 12.1 Å². The zero-order valence-corrected chi connectivity index (χ0v) is 12.2. The summed E-state index contributed by atoms with van der Waals surface area (Å²) in [4.78, 5) is 8.37. The van der Waals surface area contributed by atoms with Crippen molar-refractivity contribution in [2.45, 2.75) is 13.0 Å². The van der Waals surface area contributed by atoms with E-state index < -0.39 is 0 Å². The van der Waals surface area contributed by atoms with Gasteiger partial charge in [-0.05, 0) is 20.0 Å². The van der Waals surface area contributed by atoms with Crippen LogP contribution in [0.2, 0.25) is 0 Å². The Labute approximate surface area is 119 Å². The lowest BCUT2D eigenvalue weighted by Gasteiger charge is -2.19. The van der Waals surface area contributed by atoms with Crippen molar-refractivity contribution in [2.24, 2.45) is 0 Å². The average Bonchev–Trinajstić information content (AvgIpc) is 2.48. The third kappa shape index (κ3) is 2.88. The number of aromatic nitrogens is 2. The summed E-state index contributed by atoms with van der Waals surface area (Å²) < 4.78 is 10.6. The van der Waals surface area contributed by atoms with Gasteiger partial charge in [-0.2, -0.15) is 0 Å². The van der Waals surface area contributed by atoms with Crippen LogP contribution in [0.15, 0.2) is 30.6 Å². The highest BCUT2D eigenvalue weighted by atomic mass is 16.5. The highest BCUT2D eigenvalue weighted by Gasteiger charge is 2.18. The number of nitrogens with one attached hydrogen (secondary N) is 1. The number of hydrogen-bond donors (Lipinski definition) is 1. The van der Waals surface area contributed by atoms with Crippen molar-refractivity contribution in [3.63, 3.8) is 0 Å². The van der Waals surface area contributed by atoms with Crippen LogP contribution in [0.5, 0.6) is 11.6 Å². The van der Waals surface area contributed by atoms with E-state index in [1.54, 1.807) is 14.2 Å². The van der Waals surface area contributed by atoms with Gasteiger partial charge in [0.05, 0.1) is 26.0 Å². The molecule has 0 saturated heterocycles. The molecule has 0 saturated carbocycles. The number of aryl methyl sites for hydroxylation is 1. The molecule has 1 aromatic heterocycles. The first-order valence-electron chi connectivity index (χ1n) is 6.37. The molecule has 2 aromatic rings. The second-order valence-electron chi connectivity index (χ2n) is 4.45. The van der Waals surface area contributed by atoms with Gasteiger partial charge in [0.15, 0.2) is 0 Å². The molecule has 0 spiro atoms. The third-order valence-corrected chi connectivity index (χ3v) is 3.15. The topological polar surface area (TPSA) is 56.3 Å². The summed E-state index contributed by atoms with van der Waals surface area (Å²) >= 11 is 0. The molecule has 0 aliphatic carbocycles. The van der Waals surface area contributed by atoms with Crippen LogP contribution >= 0.6 is 0 Å². The normalized spacial score (nSPS) is 12.0. The Bertz CT molecular complexity index is 587. The maximum absolute atomic E-state index is 5.45. The monoisotopic (exact) mass is 273 g/mol. The number of rotatable bonds is 5. The van der Waals surface area contributed by atoms with Crippen LogP contribution in [0.25, 0.3) is 0 Å². The van der Waals surface area contributed by atoms with Gasteiger partial charge in [0, 0.05) is 11.6 Å². The predicted octanol–water partition coefficient (Wildman–Crippen LogP) is 2.11. The van der Waals surface area contributed by atoms with Crippen LogP contribution < -0.4 is 14.8 Å². The van der Waals surface area contributed by atoms with Crippen LogP contribution in [-0.4, -0.2) is 31.2 Å². The minimum atomic E-state index is -0.0817. The molecule has 0 aliphatic heterocycles. The van der Waals surface area contributed by atoms with E-state index in [4.69, 9.17) is 9.47 Å². The predicted molar refractivity (Wildman–Crippen MR) is 77.2 cm³/mol. The molecule has 1 heterocycles. The maximum atomic E-state index is 5.45. The number of ether oxygens (including phenoxy) is 2. The lowest BCUT2D eigenvalue weighted by atomic mass is 10.00. The third-order valence-electron chi connectivity index (χ3n) is 3.15. The minimum absolute atomic E-state index is 0.0817. The second kappa shape index (κ2) is 6.34. The maximum Gasteiger partial charge on any atom is 0.216 e. The molecule has 0 radical (unpaired) electrons. The smallest absolute Gasteiger partial charge is 0.216 e. The first-order valence-corrected chi connectivity index (χ1v) is 6.37. The van der Waals surface area contributed by atoms with Crippen molar-refractivity contribution in [3.05, 3.63) is 47.4 Å². The highest BCUT2D eigenvalue weighted by molar-refractivity contribution is 5.42. The Morgan fingerprint density at radius 3 is 2.55 bits per heavy atom. The molecular weight excluding hydrogens is 254 g/mol. The van der Waals surface area contributed by atoms with Crippen molar-refractivity contribution in [2.75, 3.05) is 21.3 Å². The lowest BCUT2D eigenvalue weighted by Crippen LogP contribution is -2.20. The van der Waals surface area contributed by atoms with Gasteiger partial charge >= 0.3 is 0 Å². The minimum Gasteiger partial charge on any atom is -0.496 e. The van der Waals surface area contributed by atoms with Crippen molar-refractivity contribution in [3.8, 4) is 11.6 Å². The summed E-state index contributed by atoms with van der Waals surface area (Å²) in [5, 5.41) is 3.26. The Morgan fingerprint density at radius 1 is 1.10 bits per heavy atom. The Hall–Kier alpha value is -2.14. The summed E-state index contributed by atoms with van der Waals surface area (Å²) in [7, 11) is 5.15. The molecule has 0 bridgehead atoms. The molecule has 5 nitrogen and oxygen atoms in total. The molecule has 1 aromatic carbocycles. The molecule has 106 valence electrons. The first kappa shape index (κ1) is 14.3. The van der Waals surface area contributed by atoms with Crippen LogP contribution in [0, 0.1) is 6.92 Å². The number of methoxy groups -OCH3 is 2. The van der Waals surface area contributed by atoms with Crippen LogP contribution in [-0.2, 0) is 0 Å². The van der Waals surface area contributed by atoms with E-state index >= 15 is 0 Å². The van der Waals surface area contributed by atoms with Gasteiger partial charge < -0.3 is 14.8 Å². The molecule has 1 N–H and O–H groups in total. The molecule has 1 unspecified atom stereocenters. The fourth-order valence-corrected chi connectivity index (χ4v) is 2.17. The molecular formula is C15H19N3O2. The molecule has 2 rings (SSSR count). The van der Waals surface area contributed by atoms with E-state index in [0.717, 1.165) is 17.0 Å². The van der Waals surface area contributed by atoms with Crippen molar-refractivity contribution in [1.29, 1.82) is 0 Å². The lowest BCUT2D eigenvalue weighted by molar-refractivity contribution is 0.393. The largest absolute Gasteiger partial charge is 0.496 e. The number of nitrogens with zero attached hydrogens (tertiary/aromatic N) is 2.